The molecule has 2 aliphatic heterocycles. The van der Waals surface area contributed by atoms with E-state index in [-0.39, 0.29) is 28.5 Å². The summed E-state index contributed by atoms with van der Waals surface area (Å²) in [5.41, 5.74) is 0.641. The predicted octanol–water partition coefficient (Wildman–Crippen LogP) is 0.638. The van der Waals surface area contributed by atoms with Gasteiger partial charge in [0.2, 0.25) is 11.7 Å². The van der Waals surface area contributed by atoms with Gasteiger partial charge in [0.25, 0.3) is 11.5 Å². The summed E-state index contributed by atoms with van der Waals surface area (Å²) in [4.78, 5) is 46.5. The second kappa shape index (κ2) is 5.84. The second-order valence-electron chi connectivity index (χ2n) is 8.86. The van der Waals surface area contributed by atoms with Crippen LogP contribution < -0.4 is 5.56 Å². The molecule has 2 fully saturated rings. The van der Waals surface area contributed by atoms with Crippen LogP contribution in [0.5, 0.6) is 0 Å². The molecule has 1 saturated carbocycles. The third kappa shape index (κ3) is 2.52. The molecule has 9 heteroatoms. The smallest absolute Gasteiger partial charge is 0.293 e. The van der Waals surface area contributed by atoms with Crippen molar-refractivity contribution >= 4 is 11.8 Å². The Kier molecular flexibility index (Phi) is 3.66. The van der Waals surface area contributed by atoms with Crippen molar-refractivity contribution in [3.05, 3.63) is 39.9 Å². The van der Waals surface area contributed by atoms with Crippen molar-refractivity contribution in [3.63, 3.8) is 0 Å². The van der Waals surface area contributed by atoms with Crippen molar-refractivity contribution in [2.24, 2.45) is 19.5 Å². The zero-order valence-corrected chi connectivity index (χ0v) is 17.0. The molecule has 0 radical (unpaired) electrons. The van der Waals surface area contributed by atoms with E-state index in [0.717, 1.165) is 29.0 Å². The molecule has 2 aromatic heterocycles. The first kappa shape index (κ1) is 18.2. The first-order valence-electron chi connectivity index (χ1n) is 10.0. The topological polar surface area (TPSA) is 93.6 Å². The van der Waals surface area contributed by atoms with Crippen LogP contribution in [0.4, 0.5) is 0 Å². The minimum atomic E-state index is -0.693. The molecule has 3 aliphatic rings. The molecule has 0 N–H and O–H groups in total. The summed E-state index contributed by atoms with van der Waals surface area (Å²) in [6.45, 7) is 3.51. The summed E-state index contributed by atoms with van der Waals surface area (Å²) in [7, 11) is 3.44. The number of hydrogen-bond acceptors (Lipinski definition) is 5. The van der Waals surface area contributed by atoms with Gasteiger partial charge in [0.15, 0.2) is 0 Å². The number of aromatic nitrogens is 3. The number of carbonyl (C=O) groups excluding carboxylic acids is 2. The van der Waals surface area contributed by atoms with Gasteiger partial charge in [-0.2, -0.15) is 4.74 Å². The lowest BCUT2D eigenvalue weighted by Gasteiger charge is -2.43. The third-order valence-corrected chi connectivity index (χ3v) is 6.90. The number of likely N-dealkylation sites (tertiary alicyclic amines) is 1. The van der Waals surface area contributed by atoms with Crippen LogP contribution in [0, 0.1) is 5.41 Å². The van der Waals surface area contributed by atoms with E-state index >= 15 is 0 Å². The molecule has 2 amide bonds. The highest BCUT2D eigenvalue weighted by Gasteiger charge is 2.56. The van der Waals surface area contributed by atoms with Gasteiger partial charge in [0, 0.05) is 51.3 Å². The van der Waals surface area contributed by atoms with Gasteiger partial charge in [-0.05, 0) is 19.3 Å². The van der Waals surface area contributed by atoms with Gasteiger partial charge < -0.3 is 18.9 Å². The number of hydrogen-bond donors (Lipinski definition) is 0. The quantitative estimate of drug-likeness (QED) is 0.739. The summed E-state index contributed by atoms with van der Waals surface area (Å²) >= 11 is 0. The lowest BCUT2D eigenvalue weighted by atomic mass is 9.85. The zero-order chi connectivity index (χ0) is 20.6. The summed E-state index contributed by atoms with van der Waals surface area (Å²) in [6, 6.07) is 1.23. The van der Waals surface area contributed by atoms with E-state index in [0.29, 0.717) is 32.5 Å². The molecule has 1 atom stereocenters. The predicted molar refractivity (Wildman–Crippen MR) is 102 cm³/mol. The minimum Gasteiger partial charge on any atom is -0.371 e. The standard InChI is InChI=1S/C20H25N5O4/c1-19(5-6-19)18(28)24-9-7-20(11-24)16-13(22(2)12-21-16)4-8-25(20)17(27)14-10-15(26)23(3)29-14/h10,12H,4-9,11H2,1-3H3. The van der Waals surface area contributed by atoms with Crippen LogP contribution in [0.3, 0.4) is 0 Å². The van der Waals surface area contributed by atoms with E-state index in [1.54, 1.807) is 11.2 Å². The maximum absolute atomic E-state index is 13.4. The Hall–Kier alpha value is -2.84. The molecule has 1 spiro atoms. The van der Waals surface area contributed by atoms with Gasteiger partial charge in [-0.15, -0.1) is 0 Å². The summed E-state index contributed by atoms with van der Waals surface area (Å²) in [6.07, 6.45) is 4.91. The molecule has 29 heavy (non-hydrogen) atoms. The van der Waals surface area contributed by atoms with Gasteiger partial charge in [-0.3, -0.25) is 14.4 Å². The Morgan fingerprint density at radius 2 is 1.93 bits per heavy atom. The Morgan fingerprint density at radius 1 is 1.17 bits per heavy atom. The van der Waals surface area contributed by atoms with E-state index < -0.39 is 5.54 Å². The molecule has 154 valence electrons. The highest BCUT2D eigenvalue weighted by atomic mass is 16.5. The third-order valence-electron chi connectivity index (χ3n) is 6.90. The van der Waals surface area contributed by atoms with E-state index in [4.69, 9.17) is 4.52 Å². The van der Waals surface area contributed by atoms with Gasteiger partial charge in [-0.25, -0.2) is 4.98 Å². The summed E-state index contributed by atoms with van der Waals surface area (Å²) < 4.78 is 8.41. The van der Waals surface area contributed by atoms with Crippen LogP contribution in [-0.2, 0) is 30.8 Å². The second-order valence-corrected chi connectivity index (χ2v) is 8.86. The largest absolute Gasteiger partial charge is 0.371 e. The van der Waals surface area contributed by atoms with E-state index in [2.05, 4.69) is 4.98 Å². The molecule has 0 bridgehead atoms. The maximum atomic E-state index is 13.4. The number of fused-ring (bicyclic) bond motifs is 2. The van der Waals surface area contributed by atoms with Gasteiger partial charge >= 0.3 is 0 Å². The van der Waals surface area contributed by atoms with Crippen LogP contribution in [0.1, 0.15) is 48.1 Å². The molecule has 4 heterocycles. The van der Waals surface area contributed by atoms with E-state index in [1.165, 1.54) is 13.1 Å². The minimum absolute atomic E-state index is 0.0233. The fourth-order valence-corrected chi connectivity index (χ4v) is 4.81. The van der Waals surface area contributed by atoms with Crippen molar-refractivity contribution in [1.29, 1.82) is 0 Å². The number of amides is 2. The molecule has 1 aliphatic carbocycles. The first-order chi connectivity index (χ1) is 13.7. The summed E-state index contributed by atoms with van der Waals surface area (Å²) in [5, 5.41) is 0. The van der Waals surface area contributed by atoms with Crippen LogP contribution >= 0.6 is 0 Å². The molecular weight excluding hydrogens is 374 g/mol. The first-order valence-corrected chi connectivity index (χ1v) is 10.0. The van der Waals surface area contributed by atoms with Crippen LogP contribution in [0.25, 0.3) is 0 Å². The van der Waals surface area contributed by atoms with E-state index in [1.807, 2.05) is 23.4 Å². The number of imidazole rings is 1. The van der Waals surface area contributed by atoms with Gasteiger partial charge in [-0.1, -0.05) is 6.92 Å². The van der Waals surface area contributed by atoms with Crippen molar-refractivity contribution in [1.82, 2.24) is 24.1 Å². The molecule has 1 unspecified atom stereocenters. The van der Waals surface area contributed by atoms with Crippen molar-refractivity contribution in [3.8, 4) is 0 Å². The molecule has 2 aromatic rings. The number of rotatable bonds is 2. The fraction of sp³-hybridized carbons (Fsp3) is 0.600. The summed E-state index contributed by atoms with van der Waals surface area (Å²) in [5.74, 6) is -0.141. The molecule has 5 rings (SSSR count). The normalized spacial score (nSPS) is 24.8. The van der Waals surface area contributed by atoms with Crippen LogP contribution in [0.15, 0.2) is 21.7 Å². The van der Waals surface area contributed by atoms with Crippen molar-refractivity contribution in [2.45, 2.75) is 38.1 Å². The number of carbonyl (C=O) groups is 2. The van der Waals surface area contributed by atoms with Crippen molar-refractivity contribution < 1.29 is 14.1 Å². The molecule has 9 nitrogen and oxygen atoms in total. The fourth-order valence-electron chi connectivity index (χ4n) is 4.81. The average molecular weight is 399 g/mol. The molecular formula is C20H25N5O4. The Bertz CT molecular complexity index is 1080. The monoisotopic (exact) mass is 399 g/mol. The zero-order valence-electron chi connectivity index (χ0n) is 17.0. The highest BCUT2D eigenvalue weighted by Crippen LogP contribution is 2.49. The van der Waals surface area contributed by atoms with Crippen LogP contribution in [-0.4, -0.2) is 55.5 Å². The Morgan fingerprint density at radius 3 is 2.59 bits per heavy atom. The Labute approximate surface area is 167 Å². The van der Waals surface area contributed by atoms with Gasteiger partial charge in [0.05, 0.1) is 18.1 Å². The van der Waals surface area contributed by atoms with Gasteiger partial charge in [0.1, 0.15) is 5.54 Å². The lowest BCUT2D eigenvalue weighted by Crippen LogP contribution is -2.55. The average Bonchev–Trinajstić information content (AvgIpc) is 3.01. The van der Waals surface area contributed by atoms with E-state index in [9.17, 15) is 14.4 Å². The molecule has 1 saturated heterocycles. The highest BCUT2D eigenvalue weighted by molar-refractivity contribution is 5.92. The molecule has 0 aromatic carbocycles. The lowest BCUT2D eigenvalue weighted by molar-refractivity contribution is -0.135. The Balaban J connectivity index is 1.55. The number of nitrogens with zero attached hydrogens (tertiary/aromatic N) is 5. The SMILES string of the molecule is Cn1cnc2c1CCN(C(=O)c1cc(=O)n(C)o1)C21CCN(C(=O)C2(C)CC2)C1. The van der Waals surface area contributed by atoms with Crippen molar-refractivity contribution in [2.75, 3.05) is 19.6 Å². The van der Waals surface area contributed by atoms with Crippen LogP contribution in [0.2, 0.25) is 0 Å². The maximum Gasteiger partial charge on any atom is 0.293 e. The number of aryl methyl sites for hydroxylation is 2.